The van der Waals surface area contributed by atoms with Crippen molar-refractivity contribution < 1.29 is 19.1 Å². The lowest BCUT2D eigenvalue weighted by atomic mass is 10.2. The molecule has 0 aliphatic rings. The number of phenolic OH excluding ortho intramolecular Hbond substituents is 1. The van der Waals surface area contributed by atoms with Crippen LogP contribution in [0, 0.1) is 6.92 Å². The first kappa shape index (κ1) is 14.6. The highest BCUT2D eigenvalue weighted by Gasteiger charge is 2.16. The first-order valence-electron chi connectivity index (χ1n) is 6.93. The molecule has 0 fully saturated rings. The van der Waals surface area contributed by atoms with Crippen LogP contribution in [0.1, 0.15) is 5.56 Å². The highest BCUT2D eigenvalue weighted by atomic mass is 16.5. The van der Waals surface area contributed by atoms with Crippen LogP contribution in [0.3, 0.4) is 0 Å². The fraction of sp³-hybridized carbons (Fsp3) is 0.0625. The molecule has 0 atom stereocenters. The topological polar surface area (TPSA) is 91.3 Å². The highest BCUT2D eigenvalue weighted by molar-refractivity contribution is 5.98. The van der Waals surface area contributed by atoms with Crippen LogP contribution < -0.4 is 15.3 Å². The lowest BCUT2D eigenvalue weighted by Gasteiger charge is -2.04. The molecule has 2 aromatic carbocycles. The van der Waals surface area contributed by atoms with Crippen molar-refractivity contribution in [2.75, 3.05) is 10.6 Å². The number of carbonyl (C=O) groups is 1. The van der Waals surface area contributed by atoms with Gasteiger partial charge in [-0.2, -0.15) is 0 Å². The third kappa shape index (κ3) is 3.65. The molecule has 116 valence electrons. The molecule has 3 rings (SSSR count). The zero-order valence-corrected chi connectivity index (χ0v) is 12.4. The van der Waals surface area contributed by atoms with E-state index >= 15 is 0 Å². The summed E-state index contributed by atoms with van der Waals surface area (Å²) in [5.74, 6) is 0.358. The van der Waals surface area contributed by atoms with Gasteiger partial charge in [-0.05, 0) is 35.9 Å². The van der Waals surface area contributed by atoms with E-state index in [1.165, 1.54) is 23.0 Å². The van der Waals surface area contributed by atoms with Crippen LogP contribution in [-0.2, 0) is 0 Å². The Morgan fingerprint density at radius 1 is 1.09 bits per heavy atom. The quantitative estimate of drug-likeness (QED) is 0.648. The standard InChI is InChI=1S/C16H14N4O3/c1-11-2-4-12(5-3-11)17-16(22)18-15-10-20(19-23-15)13-6-8-14(21)9-7-13/h2-10H,1H3,(H2-,17,18,19,21,22)/p+1. The molecular weight excluding hydrogens is 296 g/mol. The number of rotatable bonds is 3. The Morgan fingerprint density at radius 2 is 1.78 bits per heavy atom. The molecule has 0 saturated heterocycles. The molecule has 1 heterocycles. The maximum atomic E-state index is 11.9. The van der Waals surface area contributed by atoms with Gasteiger partial charge in [0, 0.05) is 17.8 Å². The van der Waals surface area contributed by atoms with Crippen molar-refractivity contribution in [3.8, 4) is 11.4 Å². The van der Waals surface area contributed by atoms with Crippen LogP contribution in [-0.4, -0.2) is 16.4 Å². The molecule has 7 nitrogen and oxygen atoms in total. The average Bonchev–Trinajstić information content (AvgIpc) is 2.98. The SMILES string of the molecule is Cc1ccc(NC(=O)Nc2c[n+](-c3ccc(O)cc3)no2)cc1. The number of carbonyl (C=O) groups excluding carboxylic acids is 1. The van der Waals surface area contributed by atoms with Gasteiger partial charge in [-0.1, -0.05) is 17.7 Å². The van der Waals surface area contributed by atoms with Gasteiger partial charge in [0.25, 0.3) is 6.20 Å². The molecule has 0 saturated carbocycles. The summed E-state index contributed by atoms with van der Waals surface area (Å²) in [6, 6.07) is 13.4. The fourth-order valence-electron chi connectivity index (χ4n) is 1.94. The molecule has 0 unspecified atom stereocenters. The number of urea groups is 1. The molecule has 0 radical (unpaired) electrons. The number of anilines is 2. The normalized spacial score (nSPS) is 10.3. The molecule has 23 heavy (non-hydrogen) atoms. The molecule has 3 aromatic rings. The number of benzene rings is 2. The van der Waals surface area contributed by atoms with Crippen LogP contribution in [0.5, 0.6) is 5.75 Å². The second-order valence-electron chi connectivity index (χ2n) is 4.97. The Morgan fingerprint density at radius 3 is 2.48 bits per heavy atom. The van der Waals surface area contributed by atoms with E-state index in [4.69, 9.17) is 4.52 Å². The number of nitrogens with zero attached hydrogens (tertiary/aromatic N) is 2. The summed E-state index contributed by atoms with van der Waals surface area (Å²) in [4.78, 5) is 11.9. The summed E-state index contributed by atoms with van der Waals surface area (Å²) in [5.41, 5.74) is 2.48. The van der Waals surface area contributed by atoms with Crippen molar-refractivity contribution in [1.29, 1.82) is 0 Å². The van der Waals surface area contributed by atoms with E-state index in [0.717, 1.165) is 5.56 Å². The van der Waals surface area contributed by atoms with Crippen LogP contribution in [0.4, 0.5) is 16.4 Å². The zero-order valence-electron chi connectivity index (χ0n) is 12.4. The van der Waals surface area contributed by atoms with Crippen molar-refractivity contribution in [1.82, 2.24) is 5.27 Å². The number of aryl methyl sites for hydroxylation is 1. The number of phenols is 1. The van der Waals surface area contributed by atoms with Gasteiger partial charge in [0.1, 0.15) is 5.75 Å². The van der Waals surface area contributed by atoms with Crippen molar-refractivity contribution in [2.45, 2.75) is 6.92 Å². The van der Waals surface area contributed by atoms with Gasteiger partial charge in [0.05, 0.1) is 0 Å². The van der Waals surface area contributed by atoms with Crippen LogP contribution >= 0.6 is 0 Å². The third-order valence-electron chi connectivity index (χ3n) is 3.13. The molecule has 0 spiro atoms. The Bertz CT molecular complexity index is 810. The minimum atomic E-state index is -0.428. The molecule has 0 aliphatic heterocycles. The Balaban J connectivity index is 1.65. The minimum absolute atomic E-state index is 0.161. The lowest BCUT2D eigenvalue weighted by Crippen LogP contribution is -2.31. The second kappa shape index (κ2) is 6.18. The predicted molar refractivity (Wildman–Crippen MR) is 83.5 cm³/mol. The van der Waals surface area contributed by atoms with Gasteiger partial charge in [-0.3, -0.25) is 9.84 Å². The third-order valence-corrected chi connectivity index (χ3v) is 3.13. The Hall–Kier alpha value is -3.35. The maximum Gasteiger partial charge on any atom is 0.326 e. The molecule has 2 amide bonds. The molecule has 3 N–H and O–H groups in total. The number of aromatic nitrogens is 2. The minimum Gasteiger partial charge on any atom is -0.508 e. The summed E-state index contributed by atoms with van der Waals surface area (Å²) >= 11 is 0. The largest absolute Gasteiger partial charge is 0.508 e. The Labute approximate surface area is 132 Å². The monoisotopic (exact) mass is 311 g/mol. The molecule has 0 aliphatic carbocycles. The smallest absolute Gasteiger partial charge is 0.326 e. The van der Waals surface area contributed by atoms with Crippen molar-refractivity contribution in [2.24, 2.45) is 0 Å². The first-order chi connectivity index (χ1) is 11.1. The van der Waals surface area contributed by atoms with Crippen LogP contribution in [0.15, 0.2) is 59.3 Å². The van der Waals surface area contributed by atoms with E-state index < -0.39 is 6.03 Å². The maximum absolute atomic E-state index is 11.9. The second-order valence-corrected chi connectivity index (χ2v) is 4.97. The fourth-order valence-corrected chi connectivity index (χ4v) is 1.94. The first-order valence-corrected chi connectivity index (χ1v) is 6.93. The van der Waals surface area contributed by atoms with Crippen molar-refractivity contribution in [3.63, 3.8) is 0 Å². The van der Waals surface area contributed by atoms with Gasteiger partial charge < -0.3 is 10.4 Å². The van der Waals surface area contributed by atoms with Gasteiger partial charge in [0.2, 0.25) is 11.0 Å². The summed E-state index contributed by atoms with van der Waals surface area (Å²) in [6.45, 7) is 1.97. The van der Waals surface area contributed by atoms with Gasteiger partial charge in [0.15, 0.2) is 0 Å². The number of nitrogens with one attached hydrogen (secondary N) is 2. The summed E-state index contributed by atoms with van der Waals surface area (Å²) < 4.78 is 6.50. The number of hydrogen-bond acceptors (Lipinski definition) is 4. The predicted octanol–water partition coefficient (Wildman–Crippen LogP) is 2.61. The van der Waals surface area contributed by atoms with E-state index in [0.29, 0.717) is 11.4 Å². The molecular formula is C16H15N4O3+. The highest BCUT2D eigenvalue weighted by Crippen LogP contribution is 2.11. The van der Waals surface area contributed by atoms with Crippen molar-refractivity contribution in [3.05, 3.63) is 60.3 Å². The van der Waals surface area contributed by atoms with Gasteiger partial charge >= 0.3 is 11.9 Å². The van der Waals surface area contributed by atoms with E-state index in [-0.39, 0.29) is 11.6 Å². The van der Waals surface area contributed by atoms with E-state index in [1.807, 2.05) is 31.2 Å². The summed E-state index contributed by atoms with van der Waals surface area (Å²) in [7, 11) is 0. The van der Waals surface area contributed by atoms with Crippen LogP contribution in [0.2, 0.25) is 0 Å². The number of amides is 2. The number of hydrogen-bond donors (Lipinski definition) is 3. The lowest BCUT2D eigenvalue weighted by molar-refractivity contribution is -0.670. The van der Waals surface area contributed by atoms with E-state index in [9.17, 15) is 9.90 Å². The Kier molecular flexibility index (Phi) is 3.92. The summed E-state index contributed by atoms with van der Waals surface area (Å²) in [6.07, 6.45) is 1.53. The molecule has 0 bridgehead atoms. The number of aromatic hydroxyl groups is 1. The van der Waals surface area contributed by atoms with Gasteiger partial charge in [-0.25, -0.2) is 4.79 Å². The van der Waals surface area contributed by atoms with Crippen LogP contribution in [0.25, 0.3) is 5.69 Å². The zero-order chi connectivity index (χ0) is 16.2. The van der Waals surface area contributed by atoms with E-state index in [1.54, 1.807) is 12.1 Å². The molecule has 1 aromatic heterocycles. The summed E-state index contributed by atoms with van der Waals surface area (Å²) in [5, 5.41) is 18.3. The van der Waals surface area contributed by atoms with E-state index in [2.05, 4.69) is 15.9 Å². The van der Waals surface area contributed by atoms with Crippen molar-refractivity contribution >= 4 is 17.6 Å². The van der Waals surface area contributed by atoms with Gasteiger partial charge in [-0.15, -0.1) is 0 Å². The molecule has 7 heteroatoms. The average molecular weight is 311 g/mol.